The maximum atomic E-state index is 14.1. The van der Waals surface area contributed by atoms with Gasteiger partial charge in [-0.15, -0.1) is 5.10 Å². The number of ether oxygens (including phenoxy) is 2. The number of hydrogen-bond donors (Lipinski definition) is 1. The van der Waals surface area contributed by atoms with Crippen LogP contribution in [0.15, 0.2) is 36.5 Å². The first-order valence-electron chi connectivity index (χ1n) is 11.3. The van der Waals surface area contributed by atoms with Gasteiger partial charge in [0.25, 0.3) is 0 Å². The molecule has 0 amide bonds. The fraction of sp³-hybridized carbons (Fsp3) is 0.435. The minimum atomic E-state index is -4.63. The van der Waals surface area contributed by atoms with E-state index in [0.29, 0.717) is 10.6 Å². The van der Waals surface area contributed by atoms with Gasteiger partial charge in [0, 0.05) is 37.1 Å². The Bertz CT molecular complexity index is 1220. The Labute approximate surface area is 203 Å². The van der Waals surface area contributed by atoms with Crippen molar-refractivity contribution < 1.29 is 31.4 Å². The Morgan fingerprint density at radius 2 is 1.86 bits per heavy atom. The van der Waals surface area contributed by atoms with E-state index >= 15 is 0 Å². The summed E-state index contributed by atoms with van der Waals surface area (Å²) < 4.78 is 78.0. The normalized spacial score (nSPS) is 21.5. The summed E-state index contributed by atoms with van der Waals surface area (Å²) >= 11 is 0. The Balaban J connectivity index is 1.35. The second kappa shape index (κ2) is 9.43. The lowest BCUT2D eigenvalue weighted by Crippen LogP contribution is -2.48. The molecule has 1 aliphatic carbocycles. The highest BCUT2D eigenvalue weighted by molar-refractivity contribution is 5.49. The second-order valence-corrected chi connectivity index (χ2v) is 8.87. The number of anilines is 2. The first-order chi connectivity index (χ1) is 17.2. The molecule has 13 heteroatoms. The van der Waals surface area contributed by atoms with Crippen LogP contribution in [-0.2, 0) is 6.54 Å². The van der Waals surface area contributed by atoms with E-state index < -0.39 is 36.1 Å². The fourth-order valence-corrected chi connectivity index (χ4v) is 4.92. The number of nitrogens with one attached hydrogen (secondary N) is 1. The van der Waals surface area contributed by atoms with Crippen LogP contribution in [0.2, 0.25) is 0 Å². The van der Waals surface area contributed by atoms with Gasteiger partial charge in [0.1, 0.15) is 6.54 Å². The zero-order valence-electron chi connectivity index (χ0n) is 19.2. The molecular weight excluding hydrogens is 487 g/mol. The van der Waals surface area contributed by atoms with Gasteiger partial charge in [0.2, 0.25) is 17.6 Å². The lowest BCUT2D eigenvalue weighted by molar-refractivity contribution is -0.143. The lowest BCUT2D eigenvalue weighted by Gasteiger charge is -2.39. The molecule has 1 aromatic carbocycles. The van der Waals surface area contributed by atoms with Crippen LogP contribution in [0, 0.1) is 23.5 Å². The van der Waals surface area contributed by atoms with Crippen molar-refractivity contribution in [2.45, 2.75) is 31.6 Å². The first kappa shape index (κ1) is 24.1. The van der Waals surface area contributed by atoms with Gasteiger partial charge in [0.15, 0.2) is 11.6 Å². The molecule has 5 rings (SSSR count). The summed E-state index contributed by atoms with van der Waals surface area (Å²) in [5, 5.41) is 7.10. The Morgan fingerprint density at radius 1 is 1.11 bits per heavy atom. The lowest BCUT2D eigenvalue weighted by atomic mass is 9.92. The third-order valence-electron chi connectivity index (χ3n) is 6.51. The standard InChI is InChI=1S/C23H23F5N6O2/c1-35-18-9-15(7-8-29-18)33-10-13-5-6-14(11-33)20(13)30-21-31-22(34(32-21)12-23(26,27)28)36-17-4-2-3-16(24)19(17)25/h2-4,7-9,13-14,20H,5-6,10-12H2,1H3,(H,30,32)/t13-,14+,20?. The van der Waals surface area contributed by atoms with Crippen molar-refractivity contribution in [3.05, 3.63) is 48.2 Å². The zero-order valence-corrected chi connectivity index (χ0v) is 19.2. The first-order valence-corrected chi connectivity index (χ1v) is 11.3. The summed E-state index contributed by atoms with van der Waals surface area (Å²) in [4.78, 5) is 10.4. The zero-order chi connectivity index (χ0) is 25.4. The molecule has 1 unspecified atom stereocenters. The SMILES string of the molecule is COc1cc(N2C[C@H]3CC[C@@H](C2)C3Nc2nc(Oc3cccc(F)c3F)n(CC(F)(F)F)n2)ccn1. The van der Waals surface area contributed by atoms with E-state index in [-0.39, 0.29) is 23.8 Å². The van der Waals surface area contributed by atoms with Crippen LogP contribution < -0.4 is 19.7 Å². The Hall–Kier alpha value is -3.64. The quantitative estimate of drug-likeness (QED) is 0.464. The minimum absolute atomic E-state index is 0.0630. The highest BCUT2D eigenvalue weighted by atomic mass is 19.4. The van der Waals surface area contributed by atoms with Gasteiger partial charge in [-0.1, -0.05) is 6.07 Å². The molecular formula is C23H23F5N6O2. The van der Waals surface area contributed by atoms with Crippen LogP contribution >= 0.6 is 0 Å². The van der Waals surface area contributed by atoms with E-state index in [1.807, 2.05) is 12.1 Å². The highest BCUT2D eigenvalue weighted by Crippen LogP contribution is 2.40. The van der Waals surface area contributed by atoms with E-state index in [9.17, 15) is 22.0 Å². The average Bonchev–Trinajstić information content (AvgIpc) is 3.29. The molecule has 1 aliphatic heterocycles. The van der Waals surface area contributed by atoms with Gasteiger partial charge >= 0.3 is 12.2 Å². The number of pyridine rings is 1. The van der Waals surface area contributed by atoms with Crippen molar-refractivity contribution in [1.82, 2.24) is 19.7 Å². The molecule has 36 heavy (non-hydrogen) atoms. The van der Waals surface area contributed by atoms with Gasteiger partial charge in [-0.2, -0.15) is 22.5 Å². The number of nitrogens with zero attached hydrogens (tertiary/aromatic N) is 5. The number of methoxy groups -OCH3 is 1. The molecule has 2 fully saturated rings. The number of piperidine rings is 1. The molecule has 1 saturated heterocycles. The van der Waals surface area contributed by atoms with Crippen LogP contribution in [0.5, 0.6) is 17.6 Å². The van der Waals surface area contributed by atoms with Crippen molar-refractivity contribution >= 4 is 11.6 Å². The van der Waals surface area contributed by atoms with Crippen LogP contribution in [0.3, 0.4) is 0 Å². The van der Waals surface area contributed by atoms with E-state index in [4.69, 9.17) is 9.47 Å². The van der Waals surface area contributed by atoms with Gasteiger partial charge in [-0.25, -0.2) is 14.1 Å². The number of halogens is 5. The Morgan fingerprint density at radius 3 is 2.56 bits per heavy atom. The second-order valence-electron chi connectivity index (χ2n) is 8.87. The largest absolute Gasteiger partial charge is 0.481 e. The Kier molecular flexibility index (Phi) is 6.31. The van der Waals surface area contributed by atoms with Gasteiger partial charge in [0.05, 0.1) is 7.11 Å². The minimum Gasteiger partial charge on any atom is -0.481 e. The predicted molar refractivity (Wildman–Crippen MR) is 119 cm³/mol. The topological polar surface area (TPSA) is 77.3 Å². The van der Waals surface area contributed by atoms with Crippen molar-refractivity contribution in [3.8, 4) is 17.6 Å². The molecule has 0 radical (unpaired) electrons. The van der Waals surface area contributed by atoms with Crippen molar-refractivity contribution in [2.75, 3.05) is 30.4 Å². The number of rotatable bonds is 7. The van der Waals surface area contributed by atoms with E-state index in [1.54, 1.807) is 13.3 Å². The smallest absolute Gasteiger partial charge is 0.408 e. The third-order valence-corrected chi connectivity index (χ3v) is 6.51. The molecule has 1 saturated carbocycles. The summed E-state index contributed by atoms with van der Waals surface area (Å²) in [7, 11) is 1.55. The summed E-state index contributed by atoms with van der Waals surface area (Å²) in [5.41, 5.74) is 0.984. The summed E-state index contributed by atoms with van der Waals surface area (Å²) in [6.45, 7) is -0.0476. The molecule has 2 bridgehead atoms. The number of alkyl halides is 3. The molecule has 8 nitrogen and oxygen atoms in total. The summed E-state index contributed by atoms with van der Waals surface area (Å²) in [6, 6.07) is 6.27. The number of benzene rings is 1. The average molecular weight is 510 g/mol. The van der Waals surface area contributed by atoms with Crippen LogP contribution in [-0.4, -0.2) is 52.2 Å². The predicted octanol–water partition coefficient (Wildman–Crippen LogP) is 4.64. The van der Waals surface area contributed by atoms with E-state index in [2.05, 4.69) is 25.3 Å². The summed E-state index contributed by atoms with van der Waals surface area (Å²) in [5.74, 6) is -2.26. The van der Waals surface area contributed by atoms with Crippen molar-refractivity contribution in [3.63, 3.8) is 0 Å². The van der Waals surface area contributed by atoms with E-state index in [0.717, 1.165) is 43.8 Å². The van der Waals surface area contributed by atoms with E-state index in [1.165, 1.54) is 6.07 Å². The van der Waals surface area contributed by atoms with Crippen molar-refractivity contribution in [2.24, 2.45) is 11.8 Å². The molecule has 3 aromatic rings. The molecule has 2 aromatic heterocycles. The van der Waals surface area contributed by atoms with Crippen molar-refractivity contribution in [1.29, 1.82) is 0 Å². The molecule has 3 atom stereocenters. The van der Waals surface area contributed by atoms with Crippen LogP contribution in [0.25, 0.3) is 0 Å². The maximum absolute atomic E-state index is 14.1. The van der Waals surface area contributed by atoms with Gasteiger partial charge in [-0.05, 0) is 42.9 Å². The monoisotopic (exact) mass is 510 g/mol. The molecule has 2 aliphatic rings. The molecule has 3 heterocycles. The third kappa shape index (κ3) is 5.00. The highest BCUT2D eigenvalue weighted by Gasteiger charge is 2.43. The molecule has 192 valence electrons. The van der Waals surface area contributed by atoms with Gasteiger partial charge < -0.3 is 19.7 Å². The fourth-order valence-electron chi connectivity index (χ4n) is 4.92. The van der Waals surface area contributed by atoms with Crippen LogP contribution in [0.1, 0.15) is 12.8 Å². The molecule has 0 spiro atoms. The number of aromatic nitrogens is 4. The van der Waals surface area contributed by atoms with Gasteiger partial charge in [-0.3, -0.25) is 0 Å². The number of fused-ring (bicyclic) bond motifs is 2. The maximum Gasteiger partial charge on any atom is 0.408 e. The van der Waals surface area contributed by atoms with Crippen LogP contribution in [0.4, 0.5) is 33.6 Å². The number of hydrogen-bond acceptors (Lipinski definition) is 7. The molecule has 1 N–H and O–H groups in total. The summed E-state index contributed by atoms with van der Waals surface area (Å²) in [6.07, 6.45) is -1.08.